The van der Waals surface area contributed by atoms with Crippen LogP contribution in [0.15, 0.2) is 42.5 Å². The lowest BCUT2D eigenvalue weighted by Gasteiger charge is -2.05. The van der Waals surface area contributed by atoms with Gasteiger partial charge in [-0.25, -0.2) is 0 Å². The van der Waals surface area contributed by atoms with Crippen molar-refractivity contribution in [1.82, 2.24) is 0 Å². The van der Waals surface area contributed by atoms with Gasteiger partial charge in [0.2, 0.25) is 0 Å². The molecule has 0 aliphatic heterocycles. The molecule has 3 nitrogen and oxygen atoms in total. The number of fused-ring (bicyclic) bond motifs is 1. The number of rotatable bonds is 8. The van der Waals surface area contributed by atoms with Gasteiger partial charge in [0.25, 0.3) is 0 Å². The van der Waals surface area contributed by atoms with Crippen LogP contribution in [0.3, 0.4) is 0 Å². The van der Waals surface area contributed by atoms with Gasteiger partial charge in [-0.15, -0.1) is 0 Å². The minimum atomic E-state index is -0.216. The number of ether oxygens (including phenoxy) is 2. The summed E-state index contributed by atoms with van der Waals surface area (Å²) in [5, 5.41) is 0. The standard InChI is InChI=1S/C18H22O3/c1-15(19)21-13-6-5-12-20-14-11-17-10-9-16-7-3-2-4-8-18(16)17/h2-4,7-10H,5-6,11-14H2,1H3. The molecule has 0 heterocycles. The number of unbranched alkanes of at least 4 members (excludes halogenated alkanes) is 1. The van der Waals surface area contributed by atoms with Crippen LogP contribution >= 0.6 is 0 Å². The van der Waals surface area contributed by atoms with E-state index in [1.165, 1.54) is 23.6 Å². The zero-order valence-electron chi connectivity index (χ0n) is 12.5. The van der Waals surface area contributed by atoms with Crippen molar-refractivity contribution in [3.05, 3.63) is 48.0 Å². The summed E-state index contributed by atoms with van der Waals surface area (Å²) in [6, 6.07) is 14.8. The minimum absolute atomic E-state index is 0.216. The summed E-state index contributed by atoms with van der Waals surface area (Å²) in [7, 11) is 0. The summed E-state index contributed by atoms with van der Waals surface area (Å²) >= 11 is 0. The van der Waals surface area contributed by atoms with Gasteiger partial charge in [0.15, 0.2) is 0 Å². The Balaban J connectivity index is 1.64. The van der Waals surface area contributed by atoms with E-state index in [-0.39, 0.29) is 5.97 Å². The van der Waals surface area contributed by atoms with Crippen molar-refractivity contribution >= 4 is 5.97 Å². The molecule has 112 valence electrons. The molecule has 0 unspecified atom stereocenters. The van der Waals surface area contributed by atoms with E-state index >= 15 is 0 Å². The first kappa shape index (κ1) is 15.5. The zero-order valence-corrected chi connectivity index (χ0v) is 12.5. The molecule has 0 aromatic heterocycles. The second-order valence-electron chi connectivity index (χ2n) is 5.05. The third-order valence-electron chi connectivity index (χ3n) is 3.39. The number of esters is 1. The third kappa shape index (κ3) is 5.20. The van der Waals surface area contributed by atoms with Gasteiger partial charge < -0.3 is 9.47 Å². The Labute approximate surface area is 126 Å². The van der Waals surface area contributed by atoms with Crippen molar-refractivity contribution in [2.45, 2.75) is 26.2 Å². The molecular weight excluding hydrogens is 264 g/mol. The van der Waals surface area contributed by atoms with Crippen LogP contribution in [0.5, 0.6) is 0 Å². The average Bonchev–Trinajstić information content (AvgIpc) is 2.69. The van der Waals surface area contributed by atoms with E-state index in [0.29, 0.717) is 13.2 Å². The van der Waals surface area contributed by atoms with E-state index < -0.39 is 0 Å². The lowest BCUT2D eigenvalue weighted by Crippen LogP contribution is -2.04. The molecule has 2 rings (SSSR count). The van der Waals surface area contributed by atoms with E-state index in [2.05, 4.69) is 36.4 Å². The highest BCUT2D eigenvalue weighted by Gasteiger charge is 2.06. The fraction of sp³-hybridized carbons (Fsp3) is 0.389. The normalized spacial score (nSPS) is 10.7. The van der Waals surface area contributed by atoms with Gasteiger partial charge in [0, 0.05) is 13.5 Å². The Morgan fingerprint density at radius 3 is 2.62 bits per heavy atom. The number of hydrogen-bond donors (Lipinski definition) is 0. The van der Waals surface area contributed by atoms with Crippen LogP contribution in [0.4, 0.5) is 0 Å². The molecule has 0 radical (unpaired) electrons. The van der Waals surface area contributed by atoms with Gasteiger partial charge in [-0.1, -0.05) is 42.5 Å². The maximum atomic E-state index is 10.6. The molecule has 0 aromatic rings. The van der Waals surface area contributed by atoms with E-state index in [9.17, 15) is 4.79 Å². The molecule has 0 saturated heterocycles. The average molecular weight is 286 g/mol. The van der Waals surface area contributed by atoms with E-state index in [1.807, 2.05) is 6.07 Å². The highest BCUT2D eigenvalue weighted by atomic mass is 16.5. The molecule has 0 atom stereocenters. The summed E-state index contributed by atoms with van der Waals surface area (Å²) in [6.45, 7) is 3.36. The van der Waals surface area contributed by atoms with E-state index in [4.69, 9.17) is 9.47 Å². The van der Waals surface area contributed by atoms with Crippen molar-refractivity contribution < 1.29 is 14.3 Å². The molecule has 0 N–H and O–H groups in total. The predicted molar refractivity (Wildman–Crippen MR) is 83.5 cm³/mol. The van der Waals surface area contributed by atoms with Crippen LogP contribution in [-0.2, 0) is 20.7 Å². The predicted octanol–water partition coefficient (Wildman–Crippen LogP) is 3.69. The second kappa shape index (κ2) is 8.42. The van der Waals surface area contributed by atoms with Crippen LogP contribution in [0.1, 0.15) is 25.3 Å². The van der Waals surface area contributed by atoms with E-state index in [1.54, 1.807) is 0 Å². The lowest BCUT2D eigenvalue weighted by molar-refractivity contribution is -0.141. The largest absolute Gasteiger partial charge is 0.466 e. The first-order valence-electron chi connectivity index (χ1n) is 7.45. The van der Waals surface area contributed by atoms with Crippen molar-refractivity contribution in [3.63, 3.8) is 0 Å². The van der Waals surface area contributed by atoms with Crippen molar-refractivity contribution in [2.24, 2.45) is 0 Å². The fourth-order valence-electron chi connectivity index (χ4n) is 2.30. The van der Waals surface area contributed by atoms with Gasteiger partial charge in [-0.05, 0) is 36.0 Å². The summed E-state index contributed by atoms with van der Waals surface area (Å²) in [4.78, 5) is 10.6. The Kier molecular flexibility index (Phi) is 6.22. The number of carbonyl (C=O) groups excluding carboxylic acids is 1. The molecule has 0 spiro atoms. The molecule has 0 amide bonds. The van der Waals surface area contributed by atoms with Crippen LogP contribution in [0.2, 0.25) is 0 Å². The van der Waals surface area contributed by atoms with Gasteiger partial charge in [-0.2, -0.15) is 0 Å². The molecule has 0 aromatic carbocycles. The first-order chi connectivity index (χ1) is 10.3. The van der Waals surface area contributed by atoms with Crippen molar-refractivity contribution in [3.8, 4) is 11.1 Å². The maximum absolute atomic E-state index is 10.6. The summed E-state index contributed by atoms with van der Waals surface area (Å²) < 4.78 is 10.5. The molecular formula is C18H22O3. The summed E-state index contributed by atoms with van der Waals surface area (Å²) in [6.07, 6.45) is 2.70. The highest BCUT2D eigenvalue weighted by molar-refractivity contribution is 5.70. The Bertz CT molecular complexity index is 536. The molecule has 21 heavy (non-hydrogen) atoms. The monoisotopic (exact) mass is 286 g/mol. The zero-order chi connectivity index (χ0) is 14.9. The van der Waals surface area contributed by atoms with Crippen LogP contribution in [0.25, 0.3) is 11.1 Å². The second-order valence-corrected chi connectivity index (χ2v) is 5.05. The van der Waals surface area contributed by atoms with Gasteiger partial charge in [-0.3, -0.25) is 4.79 Å². The molecule has 3 heteroatoms. The Morgan fingerprint density at radius 1 is 0.952 bits per heavy atom. The quantitative estimate of drug-likeness (QED) is 0.548. The van der Waals surface area contributed by atoms with Crippen molar-refractivity contribution in [1.29, 1.82) is 0 Å². The van der Waals surface area contributed by atoms with Crippen molar-refractivity contribution in [2.75, 3.05) is 19.8 Å². The molecule has 2 aliphatic carbocycles. The lowest BCUT2D eigenvalue weighted by atomic mass is 10.1. The number of carbonyl (C=O) groups is 1. The van der Waals surface area contributed by atoms with Crippen LogP contribution in [0, 0.1) is 0 Å². The Morgan fingerprint density at radius 2 is 1.76 bits per heavy atom. The minimum Gasteiger partial charge on any atom is -0.466 e. The van der Waals surface area contributed by atoms with Crippen LogP contribution in [-0.4, -0.2) is 25.8 Å². The van der Waals surface area contributed by atoms with Crippen LogP contribution < -0.4 is 0 Å². The molecule has 0 bridgehead atoms. The fourth-order valence-corrected chi connectivity index (χ4v) is 2.30. The molecule has 0 fully saturated rings. The topological polar surface area (TPSA) is 35.5 Å². The van der Waals surface area contributed by atoms with Gasteiger partial charge >= 0.3 is 5.97 Å². The first-order valence-corrected chi connectivity index (χ1v) is 7.45. The summed E-state index contributed by atoms with van der Waals surface area (Å²) in [5.74, 6) is -0.216. The van der Waals surface area contributed by atoms with Gasteiger partial charge in [0.1, 0.15) is 0 Å². The third-order valence-corrected chi connectivity index (χ3v) is 3.39. The Hall–Kier alpha value is -1.87. The van der Waals surface area contributed by atoms with Gasteiger partial charge in [0.05, 0.1) is 13.2 Å². The van der Waals surface area contributed by atoms with E-state index in [0.717, 1.165) is 25.9 Å². The smallest absolute Gasteiger partial charge is 0.302 e. The summed E-state index contributed by atoms with van der Waals surface area (Å²) in [5.41, 5.74) is 3.91. The molecule has 0 saturated carbocycles. The maximum Gasteiger partial charge on any atom is 0.302 e. The highest BCUT2D eigenvalue weighted by Crippen LogP contribution is 2.26. The SMILES string of the molecule is CC(=O)OCCCCOCCc1ccc2cccccc1-2. The number of hydrogen-bond acceptors (Lipinski definition) is 3. The molecule has 2 aliphatic rings.